The zero-order valence-corrected chi connectivity index (χ0v) is 9.27. The summed E-state index contributed by atoms with van der Waals surface area (Å²) >= 11 is 0. The number of likely N-dealkylation sites (N-methyl/N-ethyl adjacent to an activating group) is 1. The summed E-state index contributed by atoms with van der Waals surface area (Å²) < 4.78 is 13.2. The van der Waals surface area contributed by atoms with Crippen LogP contribution in [0, 0.1) is 11.7 Å². The molecule has 2 unspecified atom stereocenters. The minimum atomic E-state index is -0.837. The first-order valence-corrected chi connectivity index (χ1v) is 5.24. The van der Waals surface area contributed by atoms with Gasteiger partial charge in [-0.2, -0.15) is 0 Å². The Bertz CT molecular complexity index is 433. The lowest BCUT2D eigenvalue weighted by Gasteiger charge is -2.16. The number of anilines is 1. The summed E-state index contributed by atoms with van der Waals surface area (Å²) in [4.78, 5) is 12.9. The topological polar surface area (TPSA) is 40.5 Å². The molecule has 1 N–H and O–H groups in total. The molecule has 16 heavy (non-hydrogen) atoms. The fourth-order valence-corrected chi connectivity index (χ4v) is 2.26. The highest BCUT2D eigenvalue weighted by Gasteiger charge is 2.34. The van der Waals surface area contributed by atoms with E-state index in [0.29, 0.717) is 6.54 Å². The fourth-order valence-electron chi connectivity index (χ4n) is 2.26. The summed E-state index contributed by atoms with van der Waals surface area (Å²) in [6.07, 6.45) is 0. The third kappa shape index (κ3) is 1.64. The van der Waals surface area contributed by atoms with Gasteiger partial charge in [0.05, 0.1) is 5.92 Å². The summed E-state index contributed by atoms with van der Waals surface area (Å²) in [5, 5.41) is 9.01. The van der Waals surface area contributed by atoms with Crippen LogP contribution < -0.4 is 4.90 Å². The molecule has 1 heterocycles. The number of benzene rings is 1. The maximum absolute atomic E-state index is 13.2. The summed E-state index contributed by atoms with van der Waals surface area (Å²) in [7, 11) is 1.89. The van der Waals surface area contributed by atoms with E-state index in [9.17, 15) is 9.18 Å². The number of nitrogens with zero attached hydrogens (tertiary/aromatic N) is 1. The maximum Gasteiger partial charge on any atom is 0.306 e. The highest BCUT2D eigenvalue weighted by Crippen LogP contribution is 2.39. The second-order valence-electron chi connectivity index (χ2n) is 4.32. The Hall–Kier alpha value is -1.58. The van der Waals surface area contributed by atoms with Gasteiger partial charge in [0.1, 0.15) is 5.82 Å². The van der Waals surface area contributed by atoms with Gasteiger partial charge in [-0.05, 0) is 23.8 Å². The molecule has 2 atom stereocenters. The minimum absolute atomic E-state index is 0.131. The van der Waals surface area contributed by atoms with Gasteiger partial charge in [0, 0.05) is 25.2 Å². The first-order chi connectivity index (χ1) is 7.50. The first-order valence-electron chi connectivity index (χ1n) is 5.24. The normalized spacial score (nSPS) is 20.7. The summed E-state index contributed by atoms with van der Waals surface area (Å²) in [6.45, 7) is 2.30. The van der Waals surface area contributed by atoms with Crippen LogP contribution in [0.5, 0.6) is 0 Å². The first kappa shape index (κ1) is 10.9. The number of carboxylic acids is 1. The SMILES string of the molecule is CC(C(=O)O)C1CN(C)c2ccc(F)cc21. The van der Waals surface area contributed by atoms with Crippen LogP contribution in [0.15, 0.2) is 18.2 Å². The Morgan fingerprint density at radius 1 is 1.62 bits per heavy atom. The summed E-state index contributed by atoms with van der Waals surface area (Å²) in [5.74, 6) is -1.77. The van der Waals surface area contributed by atoms with E-state index in [0.717, 1.165) is 11.3 Å². The third-order valence-corrected chi connectivity index (χ3v) is 3.26. The van der Waals surface area contributed by atoms with E-state index >= 15 is 0 Å². The molecule has 0 aromatic heterocycles. The molecule has 0 bridgehead atoms. The molecule has 0 spiro atoms. The van der Waals surface area contributed by atoms with Crippen molar-refractivity contribution >= 4 is 11.7 Å². The Kier molecular flexibility index (Phi) is 2.58. The van der Waals surface area contributed by atoms with Crippen LogP contribution in [0.2, 0.25) is 0 Å². The van der Waals surface area contributed by atoms with Gasteiger partial charge in [-0.25, -0.2) is 4.39 Å². The molecule has 2 rings (SSSR count). The van der Waals surface area contributed by atoms with E-state index in [2.05, 4.69) is 0 Å². The molecule has 0 fully saturated rings. The van der Waals surface area contributed by atoms with Crippen molar-refractivity contribution < 1.29 is 14.3 Å². The number of carbonyl (C=O) groups is 1. The van der Waals surface area contributed by atoms with Gasteiger partial charge in [-0.15, -0.1) is 0 Å². The van der Waals surface area contributed by atoms with Gasteiger partial charge in [0.2, 0.25) is 0 Å². The molecular formula is C12H14FNO2. The van der Waals surface area contributed by atoms with Crippen LogP contribution in [0.25, 0.3) is 0 Å². The van der Waals surface area contributed by atoms with Crippen molar-refractivity contribution in [2.24, 2.45) is 5.92 Å². The van der Waals surface area contributed by atoms with Gasteiger partial charge in [-0.3, -0.25) is 4.79 Å². The number of hydrogen-bond acceptors (Lipinski definition) is 2. The molecule has 1 aliphatic heterocycles. The summed E-state index contributed by atoms with van der Waals surface area (Å²) in [5.41, 5.74) is 1.73. The van der Waals surface area contributed by atoms with Crippen molar-refractivity contribution in [2.45, 2.75) is 12.8 Å². The van der Waals surface area contributed by atoms with Gasteiger partial charge in [0.15, 0.2) is 0 Å². The van der Waals surface area contributed by atoms with Gasteiger partial charge >= 0.3 is 5.97 Å². The highest BCUT2D eigenvalue weighted by molar-refractivity contribution is 5.73. The average Bonchev–Trinajstić information content (AvgIpc) is 2.54. The van der Waals surface area contributed by atoms with Gasteiger partial charge in [-0.1, -0.05) is 6.92 Å². The summed E-state index contributed by atoms with van der Waals surface area (Å²) in [6, 6.07) is 4.56. The zero-order chi connectivity index (χ0) is 11.9. The highest BCUT2D eigenvalue weighted by atomic mass is 19.1. The Morgan fingerprint density at radius 2 is 2.31 bits per heavy atom. The molecule has 1 aliphatic rings. The minimum Gasteiger partial charge on any atom is -0.481 e. The number of halogens is 1. The van der Waals surface area contributed by atoms with Gasteiger partial charge in [0.25, 0.3) is 0 Å². The second-order valence-corrected chi connectivity index (χ2v) is 4.32. The van der Waals surface area contributed by atoms with E-state index in [1.54, 1.807) is 13.0 Å². The third-order valence-electron chi connectivity index (χ3n) is 3.26. The maximum atomic E-state index is 13.2. The molecule has 4 heteroatoms. The van der Waals surface area contributed by atoms with Crippen LogP contribution in [0.4, 0.5) is 10.1 Å². The number of fused-ring (bicyclic) bond motifs is 1. The van der Waals surface area contributed by atoms with Crippen molar-refractivity contribution in [1.29, 1.82) is 0 Å². The van der Waals surface area contributed by atoms with Crippen molar-refractivity contribution in [2.75, 3.05) is 18.5 Å². The zero-order valence-electron chi connectivity index (χ0n) is 9.27. The molecule has 0 saturated heterocycles. The molecule has 0 amide bonds. The quantitative estimate of drug-likeness (QED) is 0.834. The lowest BCUT2D eigenvalue weighted by molar-refractivity contribution is -0.141. The van der Waals surface area contributed by atoms with Crippen LogP contribution in [-0.4, -0.2) is 24.7 Å². The molecule has 1 aromatic rings. The van der Waals surface area contributed by atoms with Crippen LogP contribution in [0.1, 0.15) is 18.4 Å². The molecule has 1 aromatic carbocycles. The van der Waals surface area contributed by atoms with E-state index in [1.807, 2.05) is 11.9 Å². The second kappa shape index (κ2) is 3.77. The monoisotopic (exact) mass is 223 g/mol. The van der Waals surface area contributed by atoms with Crippen molar-refractivity contribution in [3.63, 3.8) is 0 Å². The lowest BCUT2D eigenvalue weighted by atomic mass is 9.89. The van der Waals surface area contributed by atoms with Crippen molar-refractivity contribution in [3.8, 4) is 0 Å². The molecular weight excluding hydrogens is 209 g/mol. The van der Waals surface area contributed by atoms with E-state index in [1.165, 1.54) is 12.1 Å². The van der Waals surface area contributed by atoms with Crippen molar-refractivity contribution in [3.05, 3.63) is 29.6 Å². The number of rotatable bonds is 2. The Balaban J connectivity index is 2.41. The van der Waals surface area contributed by atoms with Crippen LogP contribution in [-0.2, 0) is 4.79 Å². The number of carboxylic acid groups (broad SMARTS) is 1. The lowest BCUT2D eigenvalue weighted by Crippen LogP contribution is -2.23. The van der Waals surface area contributed by atoms with Gasteiger partial charge < -0.3 is 10.0 Å². The smallest absolute Gasteiger partial charge is 0.306 e. The van der Waals surface area contributed by atoms with E-state index < -0.39 is 11.9 Å². The molecule has 0 radical (unpaired) electrons. The van der Waals surface area contributed by atoms with Crippen molar-refractivity contribution in [1.82, 2.24) is 0 Å². The van der Waals surface area contributed by atoms with E-state index in [-0.39, 0.29) is 11.7 Å². The largest absolute Gasteiger partial charge is 0.481 e. The predicted octanol–water partition coefficient (Wildman–Crippen LogP) is 2.08. The van der Waals surface area contributed by atoms with Crippen LogP contribution in [0.3, 0.4) is 0 Å². The molecule has 0 aliphatic carbocycles. The number of aliphatic carboxylic acids is 1. The average molecular weight is 223 g/mol. The molecule has 3 nitrogen and oxygen atoms in total. The number of hydrogen-bond donors (Lipinski definition) is 1. The van der Waals surface area contributed by atoms with Crippen LogP contribution >= 0.6 is 0 Å². The molecule has 0 saturated carbocycles. The Labute approximate surface area is 93.5 Å². The fraction of sp³-hybridized carbons (Fsp3) is 0.417. The molecule has 86 valence electrons. The Morgan fingerprint density at radius 3 is 2.94 bits per heavy atom. The standard InChI is InChI=1S/C12H14FNO2/c1-7(12(15)16)10-6-14(2)11-4-3-8(13)5-9(10)11/h3-5,7,10H,6H2,1-2H3,(H,15,16). The van der Waals surface area contributed by atoms with E-state index in [4.69, 9.17) is 5.11 Å². The predicted molar refractivity (Wildman–Crippen MR) is 59.2 cm³/mol.